The van der Waals surface area contributed by atoms with E-state index in [2.05, 4.69) is 15.2 Å². The van der Waals surface area contributed by atoms with Gasteiger partial charge in [0.1, 0.15) is 0 Å². The first-order valence-corrected chi connectivity index (χ1v) is 18.4. The quantitative estimate of drug-likeness (QED) is 0.427. The Morgan fingerprint density at radius 1 is 1.16 bits per heavy atom. The number of thioether (sulfide) groups is 1. The Labute approximate surface area is 262 Å². The maximum absolute atomic E-state index is 13.3. The van der Waals surface area contributed by atoms with Crippen molar-refractivity contribution in [2.24, 2.45) is 11.3 Å². The topological polar surface area (TPSA) is 118 Å². The summed E-state index contributed by atoms with van der Waals surface area (Å²) >= 11 is 8.12. The number of nitrogens with one attached hydrogen (secondary N) is 2. The second-order valence-electron chi connectivity index (χ2n) is 13.0. The highest BCUT2D eigenvalue weighted by Crippen LogP contribution is 2.52. The van der Waals surface area contributed by atoms with Gasteiger partial charge in [0, 0.05) is 59.3 Å². The van der Waals surface area contributed by atoms with Crippen molar-refractivity contribution in [1.82, 2.24) is 15.2 Å². The highest BCUT2D eigenvalue weighted by Gasteiger charge is 2.51. The van der Waals surface area contributed by atoms with Crippen molar-refractivity contribution in [3.63, 3.8) is 0 Å². The fourth-order valence-corrected chi connectivity index (χ4v) is 10.7. The number of pyridine rings is 1. The standard InChI is InChI=1S/C31H40ClN3O6S2/c1-18-13-25(42-4)23(29(37)34-18)15-33-28(36)22-14-24(32)27-26(19(22)2)40-30(3,41-27)20-5-7-21(8-6-20)35-11-9-31(16-35)10-12-43(38,39)17-31/h13-14,20-21H,5-12,15-17H2,1-4H3,(H,33,36)(H,34,37). The van der Waals surface area contributed by atoms with Gasteiger partial charge in [-0.2, -0.15) is 0 Å². The molecule has 0 radical (unpaired) electrons. The van der Waals surface area contributed by atoms with Crippen LogP contribution in [-0.4, -0.2) is 66.9 Å². The molecule has 1 aromatic heterocycles. The predicted molar refractivity (Wildman–Crippen MR) is 168 cm³/mol. The first kappa shape index (κ1) is 30.8. The van der Waals surface area contributed by atoms with Crippen LogP contribution < -0.4 is 20.3 Å². The van der Waals surface area contributed by atoms with E-state index in [1.807, 2.05) is 33.1 Å². The molecule has 4 heterocycles. The molecule has 1 spiro atoms. The van der Waals surface area contributed by atoms with E-state index in [0.717, 1.165) is 62.2 Å². The van der Waals surface area contributed by atoms with Crippen LogP contribution in [0, 0.1) is 25.2 Å². The van der Waals surface area contributed by atoms with Gasteiger partial charge in [-0.3, -0.25) is 14.5 Å². The van der Waals surface area contributed by atoms with E-state index in [1.54, 1.807) is 6.07 Å². The lowest BCUT2D eigenvalue weighted by Gasteiger charge is -2.40. The molecule has 0 bridgehead atoms. The number of amides is 1. The smallest absolute Gasteiger partial charge is 0.254 e. The molecule has 9 nitrogen and oxygen atoms in total. The monoisotopic (exact) mass is 649 g/mol. The Morgan fingerprint density at radius 3 is 2.56 bits per heavy atom. The van der Waals surface area contributed by atoms with Crippen molar-refractivity contribution in [3.8, 4) is 11.5 Å². The van der Waals surface area contributed by atoms with Crippen LogP contribution in [0.1, 0.15) is 72.6 Å². The number of sulfone groups is 1. The Bertz CT molecular complexity index is 1620. The number of aromatic amines is 1. The Morgan fingerprint density at radius 2 is 1.88 bits per heavy atom. The van der Waals surface area contributed by atoms with E-state index in [-0.39, 0.29) is 29.3 Å². The summed E-state index contributed by atoms with van der Waals surface area (Å²) in [5, 5.41) is 3.20. The van der Waals surface area contributed by atoms with Crippen molar-refractivity contribution >= 4 is 39.1 Å². The number of H-pyrrole nitrogens is 1. The molecule has 4 aliphatic rings. The third-order valence-electron chi connectivity index (χ3n) is 10.1. The maximum Gasteiger partial charge on any atom is 0.254 e. The van der Waals surface area contributed by atoms with Crippen molar-refractivity contribution in [1.29, 1.82) is 0 Å². The third-order valence-corrected chi connectivity index (χ3v) is 13.0. The molecule has 2 saturated heterocycles. The number of aromatic nitrogens is 1. The highest BCUT2D eigenvalue weighted by atomic mass is 35.5. The van der Waals surface area contributed by atoms with Crippen LogP contribution in [0.15, 0.2) is 21.8 Å². The number of ether oxygens (including phenoxy) is 2. The molecule has 2 unspecified atom stereocenters. The van der Waals surface area contributed by atoms with Gasteiger partial charge in [0.2, 0.25) is 0 Å². The van der Waals surface area contributed by atoms with Crippen LogP contribution in [-0.2, 0) is 16.4 Å². The molecule has 2 aromatic rings. The number of nitrogens with zero attached hydrogens (tertiary/aromatic N) is 1. The van der Waals surface area contributed by atoms with Crippen LogP contribution in [0.25, 0.3) is 0 Å². The molecule has 6 rings (SSSR count). The van der Waals surface area contributed by atoms with Gasteiger partial charge in [0.25, 0.3) is 17.3 Å². The lowest BCUT2D eigenvalue weighted by molar-refractivity contribution is -0.124. The minimum absolute atomic E-state index is 0.0492. The number of likely N-dealkylation sites (tertiary alicyclic amines) is 1. The Kier molecular flexibility index (Phi) is 8.09. The summed E-state index contributed by atoms with van der Waals surface area (Å²) in [7, 11) is -2.89. The van der Waals surface area contributed by atoms with Gasteiger partial charge >= 0.3 is 0 Å². The maximum atomic E-state index is 13.3. The molecule has 234 valence electrons. The fourth-order valence-electron chi connectivity index (χ4n) is 7.60. The second-order valence-corrected chi connectivity index (χ2v) is 16.4. The molecule has 3 fully saturated rings. The molecule has 1 amide bonds. The minimum atomic E-state index is -2.89. The largest absolute Gasteiger partial charge is 0.448 e. The number of fused-ring (bicyclic) bond motifs is 1. The number of aryl methyl sites for hydroxylation is 1. The number of hydrogen-bond donors (Lipinski definition) is 2. The predicted octanol–water partition coefficient (Wildman–Crippen LogP) is 4.85. The van der Waals surface area contributed by atoms with Crippen LogP contribution >= 0.6 is 23.4 Å². The molecule has 1 saturated carbocycles. The molecule has 2 N–H and O–H groups in total. The summed E-state index contributed by atoms with van der Waals surface area (Å²) in [6, 6.07) is 3.95. The summed E-state index contributed by atoms with van der Waals surface area (Å²) in [5.41, 5.74) is 2.04. The van der Waals surface area contributed by atoms with Gasteiger partial charge in [0.15, 0.2) is 21.3 Å². The van der Waals surface area contributed by atoms with Gasteiger partial charge in [-0.1, -0.05) is 11.6 Å². The summed E-state index contributed by atoms with van der Waals surface area (Å²) in [5.74, 6) is 0.528. The fraction of sp³-hybridized carbons (Fsp3) is 0.613. The first-order valence-electron chi connectivity index (χ1n) is 15.0. The van der Waals surface area contributed by atoms with Gasteiger partial charge in [-0.15, -0.1) is 11.8 Å². The van der Waals surface area contributed by atoms with E-state index in [9.17, 15) is 18.0 Å². The molecule has 3 aliphatic heterocycles. The lowest BCUT2D eigenvalue weighted by atomic mass is 9.80. The van der Waals surface area contributed by atoms with Crippen molar-refractivity contribution < 1.29 is 22.7 Å². The summed E-state index contributed by atoms with van der Waals surface area (Å²) < 4.78 is 37.2. The number of hydrogen-bond acceptors (Lipinski definition) is 8. The lowest BCUT2D eigenvalue weighted by Crippen LogP contribution is -2.47. The third kappa shape index (κ3) is 5.82. The molecular formula is C31H40ClN3O6S2. The van der Waals surface area contributed by atoms with E-state index < -0.39 is 15.6 Å². The number of halogens is 1. The average Bonchev–Trinajstić information content (AvgIpc) is 3.64. The summed E-state index contributed by atoms with van der Waals surface area (Å²) in [6.07, 6.45) is 7.51. The van der Waals surface area contributed by atoms with Crippen LogP contribution in [0.4, 0.5) is 0 Å². The molecular weight excluding hydrogens is 610 g/mol. The summed E-state index contributed by atoms with van der Waals surface area (Å²) in [4.78, 5) is 32.0. The molecule has 1 aromatic carbocycles. The van der Waals surface area contributed by atoms with Crippen molar-refractivity contribution in [2.75, 3.05) is 30.9 Å². The number of carbonyl (C=O) groups is 1. The van der Waals surface area contributed by atoms with Crippen molar-refractivity contribution in [2.45, 2.75) is 82.6 Å². The zero-order chi connectivity index (χ0) is 30.7. The number of benzene rings is 1. The Balaban J connectivity index is 1.11. The van der Waals surface area contributed by atoms with Crippen molar-refractivity contribution in [3.05, 3.63) is 49.9 Å². The second kappa shape index (κ2) is 11.3. The Hall–Kier alpha value is -2.21. The number of carbonyl (C=O) groups excluding carboxylic acids is 1. The van der Waals surface area contributed by atoms with E-state index >= 15 is 0 Å². The SMILES string of the molecule is CSc1cc(C)[nH]c(=O)c1CNC(=O)c1cc(Cl)c2c(c1C)OC(C)(C1CCC(N3CCC4(CCS(=O)(=O)C4)C3)CC1)O2. The van der Waals surface area contributed by atoms with E-state index in [4.69, 9.17) is 21.1 Å². The minimum Gasteiger partial charge on any atom is -0.448 e. The average molecular weight is 650 g/mol. The van der Waals surface area contributed by atoms with E-state index in [0.29, 0.717) is 50.8 Å². The zero-order valence-corrected chi connectivity index (χ0v) is 27.6. The van der Waals surface area contributed by atoms with Gasteiger partial charge < -0.3 is 19.8 Å². The molecule has 2 atom stereocenters. The first-order chi connectivity index (χ1) is 20.3. The van der Waals surface area contributed by atoms with Gasteiger partial charge in [-0.05, 0) is 82.7 Å². The highest BCUT2D eigenvalue weighted by molar-refractivity contribution is 7.98. The van der Waals surface area contributed by atoms with Crippen LogP contribution in [0.5, 0.6) is 11.5 Å². The van der Waals surface area contributed by atoms with Gasteiger partial charge in [-0.25, -0.2) is 8.42 Å². The zero-order valence-electron chi connectivity index (χ0n) is 25.2. The molecule has 1 aliphatic carbocycles. The molecule has 12 heteroatoms. The summed E-state index contributed by atoms with van der Waals surface area (Å²) in [6.45, 7) is 7.55. The van der Waals surface area contributed by atoms with Crippen LogP contribution in [0.2, 0.25) is 5.02 Å². The van der Waals surface area contributed by atoms with E-state index in [1.165, 1.54) is 11.8 Å². The molecule has 43 heavy (non-hydrogen) atoms. The number of rotatable bonds is 6. The normalized spacial score (nSPS) is 29.8. The van der Waals surface area contributed by atoms with Crippen LogP contribution in [0.3, 0.4) is 0 Å². The van der Waals surface area contributed by atoms with Gasteiger partial charge in [0.05, 0.1) is 16.5 Å².